The zero-order valence-electron chi connectivity index (χ0n) is 15.1. The quantitative estimate of drug-likeness (QED) is 0.394. The van der Waals surface area contributed by atoms with Crippen LogP contribution in [-0.4, -0.2) is 36.5 Å². The lowest BCUT2D eigenvalue weighted by Crippen LogP contribution is -2.30. The maximum Gasteiger partial charge on any atom is 0.303 e. The van der Waals surface area contributed by atoms with E-state index >= 15 is 0 Å². The van der Waals surface area contributed by atoms with Gasteiger partial charge in [0.2, 0.25) is 0 Å². The van der Waals surface area contributed by atoms with E-state index in [1.165, 1.54) is 38.5 Å². The Morgan fingerprint density at radius 1 is 1.12 bits per heavy atom. The van der Waals surface area contributed by atoms with Crippen LogP contribution in [0.25, 0.3) is 0 Å². The molecule has 2 aliphatic heterocycles. The average molecular weight is 338 g/mol. The number of hydrogen-bond acceptors (Lipinski definition) is 3. The number of rotatable bonds is 13. The van der Waals surface area contributed by atoms with Gasteiger partial charge in [0.1, 0.15) is 0 Å². The van der Waals surface area contributed by atoms with Crippen molar-refractivity contribution in [1.29, 1.82) is 0 Å². The van der Waals surface area contributed by atoms with E-state index in [1.807, 2.05) is 0 Å². The number of ether oxygens (including phenoxy) is 2. The molecule has 2 fully saturated rings. The first kappa shape index (κ1) is 19.5. The summed E-state index contributed by atoms with van der Waals surface area (Å²) in [6.45, 7) is 3.95. The molecule has 24 heavy (non-hydrogen) atoms. The maximum atomic E-state index is 10.5. The minimum atomic E-state index is -0.707. The van der Waals surface area contributed by atoms with Gasteiger partial charge in [-0.1, -0.05) is 38.3 Å². The molecular weight excluding hydrogens is 304 g/mol. The van der Waals surface area contributed by atoms with Gasteiger partial charge < -0.3 is 14.6 Å². The molecular formula is C20H34O4. The van der Waals surface area contributed by atoms with E-state index in [0.717, 1.165) is 32.5 Å². The summed E-state index contributed by atoms with van der Waals surface area (Å²) in [6.07, 6.45) is 15.4. The predicted molar refractivity (Wildman–Crippen MR) is 95.1 cm³/mol. The highest BCUT2D eigenvalue weighted by atomic mass is 16.5. The summed E-state index contributed by atoms with van der Waals surface area (Å²) in [7, 11) is 0. The molecule has 0 aliphatic carbocycles. The molecule has 138 valence electrons. The van der Waals surface area contributed by atoms with Crippen LogP contribution in [0.15, 0.2) is 12.2 Å². The second-order valence-electron chi connectivity index (χ2n) is 7.25. The van der Waals surface area contributed by atoms with Crippen LogP contribution in [-0.2, 0) is 14.3 Å². The molecule has 4 atom stereocenters. The number of carbonyl (C=O) groups is 1. The topological polar surface area (TPSA) is 55.8 Å². The van der Waals surface area contributed by atoms with Gasteiger partial charge in [0.05, 0.1) is 18.8 Å². The molecule has 4 nitrogen and oxygen atoms in total. The number of allylic oxidation sites excluding steroid dienone is 2. The fraction of sp³-hybridized carbons (Fsp3) is 0.850. The number of fused-ring (bicyclic) bond motifs is 2. The summed E-state index contributed by atoms with van der Waals surface area (Å²) in [6, 6.07) is 0. The van der Waals surface area contributed by atoms with Crippen LogP contribution < -0.4 is 0 Å². The smallest absolute Gasteiger partial charge is 0.303 e. The number of carboxylic acid groups (broad SMARTS) is 1. The number of unbranched alkanes of at least 4 members (excludes halogenated alkanes) is 4. The summed E-state index contributed by atoms with van der Waals surface area (Å²) in [5.41, 5.74) is 0. The Kier molecular flexibility index (Phi) is 8.82. The zero-order chi connectivity index (χ0) is 17.2. The first-order chi connectivity index (χ1) is 11.7. The standard InChI is InChI=1S/C20H34O4/c1-2-3-4-9-14-23-15-17-16(18-12-13-19(17)24-18)10-7-5-6-8-11-20(21)22/h5,7,16-19H,2-4,6,8-15H2,1H3,(H,21,22)/t16-,17+,18-,19+/m0/s1. The van der Waals surface area contributed by atoms with Gasteiger partial charge in [-0.05, 0) is 44.4 Å². The van der Waals surface area contributed by atoms with Gasteiger partial charge in [-0.15, -0.1) is 0 Å². The molecule has 0 spiro atoms. The van der Waals surface area contributed by atoms with Gasteiger partial charge in [-0.3, -0.25) is 4.79 Å². The van der Waals surface area contributed by atoms with Crippen molar-refractivity contribution in [3.8, 4) is 0 Å². The van der Waals surface area contributed by atoms with Gasteiger partial charge in [0.15, 0.2) is 0 Å². The largest absolute Gasteiger partial charge is 0.481 e. The molecule has 0 unspecified atom stereocenters. The van der Waals surface area contributed by atoms with Crippen molar-refractivity contribution < 1.29 is 19.4 Å². The Morgan fingerprint density at radius 3 is 2.67 bits per heavy atom. The van der Waals surface area contributed by atoms with E-state index in [0.29, 0.717) is 24.0 Å². The second kappa shape index (κ2) is 10.9. The van der Waals surface area contributed by atoms with Crippen LogP contribution in [0.2, 0.25) is 0 Å². The lowest BCUT2D eigenvalue weighted by atomic mass is 9.78. The molecule has 2 rings (SSSR count). The molecule has 0 amide bonds. The van der Waals surface area contributed by atoms with Crippen LogP contribution in [0, 0.1) is 11.8 Å². The molecule has 2 aliphatic rings. The summed E-state index contributed by atoms with van der Waals surface area (Å²) < 4.78 is 12.1. The SMILES string of the molecule is CCCCCCOC[C@@H]1[C@H](CC=CCCCC(=O)O)[C@@H]2CC[C@H]1O2. The molecule has 0 radical (unpaired) electrons. The van der Waals surface area contributed by atoms with Crippen LogP contribution in [0.4, 0.5) is 0 Å². The van der Waals surface area contributed by atoms with Crippen molar-refractivity contribution in [1.82, 2.24) is 0 Å². The van der Waals surface area contributed by atoms with Gasteiger partial charge in [-0.25, -0.2) is 0 Å². The Morgan fingerprint density at radius 2 is 1.92 bits per heavy atom. The van der Waals surface area contributed by atoms with Crippen molar-refractivity contribution >= 4 is 5.97 Å². The molecule has 0 aromatic rings. The monoisotopic (exact) mass is 338 g/mol. The minimum absolute atomic E-state index is 0.260. The third-order valence-corrected chi connectivity index (χ3v) is 5.38. The lowest BCUT2D eigenvalue weighted by molar-refractivity contribution is -0.137. The van der Waals surface area contributed by atoms with E-state index in [4.69, 9.17) is 14.6 Å². The highest BCUT2D eigenvalue weighted by molar-refractivity contribution is 5.66. The predicted octanol–water partition coefficient (Wildman–Crippen LogP) is 4.58. The van der Waals surface area contributed by atoms with Crippen molar-refractivity contribution in [2.45, 2.75) is 83.3 Å². The van der Waals surface area contributed by atoms with E-state index in [-0.39, 0.29) is 6.42 Å². The van der Waals surface area contributed by atoms with Crippen LogP contribution in [0.5, 0.6) is 0 Å². The average Bonchev–Trinajstić information content (AvgIpc) is 3.15. The minimum Gasteiger partial charge on any atom is -0.481 e. The van der Waals surface area contributed by atoms with E-state index in [2.05, 4.69) is 19.1 Å². The molecule has 2 bridgehead atoms. The lowest BCUT2D eigenvalue weighted by Gasteiger charge is -2.27. The summed E-state index contributed by atoms with van der Waals surface area (Å²) in [4.78, 5) is 10.5. The van der Waals surface area contributed by atoms with Crippen molar-refractivity contribution in [2.24, 2.45) is 11.8 Å². The molecule has 0 saturated carbocycles. The third-order valence-electron chi connectivity index (χ3n) is 5.38. The fourth-order valence-corrected chi connectivity index (χ4v) is 4.02. The third kappa shape index (κ3) is 6.21. The van der Waals surface area contributed by atoms with E-state index in [1.54, 1.807) is 0 Å². The maximum absolute atomic E-state index is 10.5. The fourth-order valence-electron chi connectivity index (χ4n) is 4.02. The van der Waals surface area contributed by atoms with Gasteiger partial charge in [-0.2, -0.15) is 0 Å². The first-order valence-electron chi connectivity index (χ1n) is 9.82. The van der Waals surface area contributed by atoms with Crippen LogP contribution in [0.1, 0.15) is 71.1 Å². The molecule has 2 heterocycles. The molecule has 2 saturated heterocycles. The molecule has 0 aromatic heterocycles. The van der Waals surface area contributed by atoms with Gasteiger partial charge in [0.25, 0.3) is 0 Å². The highest BCUT2D eigenvalue weighted by Crippen LogP contribution is 2.45. The Bertz CT molecular complexity index is 393. The Labute approximate surface area is 146 Å². The van der Waals surface area contributed by atoms with E-state index < -0.39 is 5.97 Å². The number of aliphatic carboxylic acids is 1. The van der Waals surface area contributed by atoms with Crippen molar-refractivity contribution in [3.63, 3.8) is 0 Å². The summed E-state index contributed by atoms with van der Waals surface area (Å²) >= 11 is 0. The second-order valence-corrected chi connectivity index (χ2v) is 7.25. The highest BCUT2D eigenvalue weighted by Gasteiger charge is 2.48. The Hall–Kier alpha value is -0.870. The zero-order valence-corrected chi connectivity index (χ0v) is 15.1. The van der Waals surface area contributed by atoms with Crippen LogP contribution >= 0.6 is 0 Å². The van der Waals surface area contributed by atoms with Crippen molar-refractivity contribution in [2.75, 3.05) is 13.2 Å². The Balaban J connectivity index is 1.65. The number of carboxylic acids is 1. The normalized spacial score (nSPS) is 28.9. The van der Waals surface area contributed by atoms with Gasteiger partial charge in [0, 0.05) is 18.9 Å². The molecule has 1 N–H and O–H groups in total. The van der Waals surface area contributed by atoms with Crippen LogP contribution in [0.3, 0.4) is 0 Å². The summed E-state index contributed by atoms with van der Waals surface area (Å²) in [5.74, 6) is 0.412. The number of hydrogen-bond donors (Lipinski definition) is 1. The van der Waals surface area contributed by atoms with Crippen molar-refractivity contribution in [3.05, 3.63) is 12.2 Å². The first-order valence-corrected chi connectivity index (χ1v) is 9.82. The molecule has 4 heteroatoms. The summed E-state index contributed by atoms with van der Waals surface area (Å²) in [5, 5.41) is 8.64. The van der Waals surface area contributed by atoms with Gasteiger partial charge >= 0.3 is 5.97 Å². The van der Waals surface area contributed by atoms with E-state index in [9.17, 15) is 4.79 Å². The molecule has 0 aromatic carbocycles.